The maximum atomic E-state index is 12.5. The van der Waals surface area contributed by atoms with Gasteiger partial charge in [-0.15, -0.1) is 0 Å². The van der Waals surface area contributed by atoms with Gasteiger partial charge in [0.15, 0.2) is 15.9 Å². The molecule has 2 amide bonds. The molecule has 0 spiro atoms. The molecule has 10 heteroatoms. The standard InChI is InChI=1S/C20H25ClN2O6S/c1-13(18(24)22-17-8-11-30(27,28)12-17)29-20(26)15-6-9-23(10-7-15)19(25)14-2-4-16(21)5-3-14/h2-5,13,15,17H,6-12H2,1H3,(H,22,24)/t13-,17+/m0/s1. The van der Waals surface area contributed by atoms with Gasteiger partial charge in [-0.25, -0.2) is 8.42 Å². The van der Waals surface area contributed by atoms with Crippen molar-refractivity contribution in [2.45, 2.75) is 38.3 Å². The number of ether oxygens (including phenoxy) is 1. The summed E-state index contributed by atoms with van der Waals surface area (Å²) in [4.78, 5) is 38.8. The highest BCUT2D eigenvalue weighted by atomic mass is 35.5. The maximum Gasteiger partial charge on any atom is 0.309 e. The first-order valence-corrected chi connectivity index (χ1v) is 12.1. The van der Waals surface area contributed by atoms with E-state index in [4.69, 9.17) is 16.3 Å². The molecule has 30 heavy (non-hydrogen) atoms. The Balaban J connectivity index is 1.45. The topological polar surface area (TPSA) is 110 Å². The number of piperidine rings is 1. The number of nitrogens with zero attached hydrogens (tertiary/aromatic N) is 1. The second kappa shape index (κ2) is 9.34. The van der Waals surface area contributed by atoms with Gasteiger partial charge in [-0.2, -0.15) is 0 Å². The minimum atomic E-state index is -3.10. The molecule has 8 nitrogen and oxygen atoms in total. The van der Waals surface area contributed by atoms with Crippen LogP contribution >= 0.6 is 11.6 Å². The Labute approximate surface area is 180 Å². The lowest BCUT2D eigenvalue weighted by molar-refractivity contribution is -0.160. The Morgan fingerprint density at radius 1 is 1.13 bits per heavy atom. The van der Waals surface area contributed by atoms with Crippen LogP contribution in [-0.4, -0.2) is 67.8 Å². The van der Waals surface area contributed by atoms with Gasteiger partial charge in [0.2, 0.25) is 0 Å². The second-order valence-electron chi connectivity index (χ2n) is 7.76. The van der Waals surface area contributed by atoms with Crippen molar-refractivity contribution in [3.63, 3.8) is 0 Å². The predicted molar refractivity (Wildman–Crippen MR) is 111 cm³/mol. The van der Waals surface area contributed by atoms with E-state index in [2.05, 4.69) is 5.32 Å². The van der Waals surface area contributed by atoms with Crippen LogP contribution in [0, 0.1) is 5.92 Å². The smallest absolute Gasteiger partial charge is 0.309 e. The van der Waals surface area contributed by atoms with Gasteiger partial charge in [0.05, 0.1) is 17.4 Å². The molecule has 2 saturated heterocycles. The first kappa shape index (κ1) is 22.6. The minimum Gasteiger partial charge on any atom is -0.452 e. The fourth-order valence-corrected chi connectivity index (χ4v) is 5.44. The Hall–Kier alpha value is -2.13. The van der Waals surface area contributed by atoms with Gasteiger partial charge in [-0.1, -0.05) is 11.6 Å². The third-order valence-corrected chi connectivity index (χ3v) is 7.47. The summed E-state index contributed by atoms with van der Waals surface area (Å²) in [6.07, 6.45) is 0.268. The highest BCUT2D eigenvalue weighted by Crippen LogP contribution is 2.22. The summed E-state index contributed by atoms with van der Waals surface area (Å²) >= 11 is 5.85. The summed E-state index contributed by atoms with van der Waals surface area (Å²) in [5.41, 5.74) is 0.541. The van der Waals surface area contributed by atoms with E-state index in [0.29, 0.717) is 42.9 Å². The van der Waals surface area contributed by atoms with Gasteiger partial charge in [0.25, 0.3) is 11.8 Å². The highest BCUT2D eigenvalue weighted by Gasteiger charge is 2.33. The summed E-state index contributed by atoms with van der Waals surface area (Å²) in [6.45, 7) is 2.30. The Morgan fingerprint density at radius 2 is 1.77 bits per heavy atom. The van der Waals surface area contributed by atoms with Crippen LogP contribution in [0.3, 0.4) is 0 Å². The number of amides is 2. The lowest BCUT2D eigenvalue weighted by Gasteiger charge is -2.31. The Kier molecular flexibility index (Phi) is 7.02. The molecule has 0 radical (unpaired) electrons. The monoisotopic (exact) mass is 456 g/mol. The first-order chi connectivity index (χ1) is 14.1. The summed E-state index contributed by atoms with van der Waals surface area (Å²) in [7, 11) is -3.10. The molecule has 1 aromatic rings. The molecule has 0 unspecified atom stereocenters. The lowest BCUT2D eigenvalue weighted by atomic mass is 9.96. The van der Waals surface area contributed by atoms with Crippen molar-refractivity contribution in [3.05, 3.63) is 34.9 Å². The quantitative estimate of drug-likeness (QED) is 0.671. The average Bonchev–Trinajstić information content (AvgIpc) is 3.06. The van der Waals surface area contributed by atoms with Gasteiger partial charge < -0.3 is 15.0 Å². The number of rotatable bonds is 5. The van der Waals surface area contributed by atoms with E-state index in [1.165, 1.54) is 6.92 Å². The molecule has 2 fully saturated rings. The highest BCUT2D eigenvalue weighted by molar-refractivity contribution is 7.91. The van der Waals surface area contributed by atoms with Crippen molar-refractivity contribution in [3.8, 4) is 0 Å². The van der Waals surface area contributed by atoms with Gasteiger partial charge in [0.1, 0.15) is 0 Å². The summed E-state index contributed by atoms with van der Waals surface area (Å²) in [5, 5.41) is 3.19. The number of halogens is 1. The number of esters is 1. The Morgan fingerprint density at radius 3 is 2.33 bits per heavy atom. The molecule has 164 valence electrons. The molecule has 0 saturated carbocycles. The summed E-state index contributed by atoms with van der Waals surface area (Å²) < 4.78 is 28.3. The lowest BCUT2D eigenvalue weighted by Crippen LogP contribution is -2.44. The second-order valence-corrected chi connectivity index (χ2v) is 10.4. The van der Waals surface area contributed by atoms with E-state index in [0.717, 1.165) is 0 Å². The number of carbonyl (C=O) groups is 3. The molecular formula is C20H25ClN2O6S. The van der Waals surface area contributed by atoms with Crippen LogP contribution in [0.2, 0.25) is 5.02 Å². The van der Waals surface area contributed by atoms with E-state index in [1.54, 1.807) is 29.2 Å². The van der Waals surface area contributed by atoms with Crippen molar-refractivity contribution in [1.82, 2.24) is 10.2 Å². The number of benzene rings is 1. The van der Waals surface area contributed by atoms with Crippen LogP contribution in [0.15, 0.2) is 24.3 Å². The average molecular weight is 457 g/mol. The van der Waals surface area contributed by atoms with Crippen molar-refractivity contribution in [2.24, 2.45) is 5.92 Å². The maximum absolute atomic E-state index is 12.5. The van der Waals surface area contributed by atoms with E-state index in [1.807, 2.05) is 0 Å². The zero-order chi connectivity index (χ0) is 21.9. The number of likely N-dealkylation sites (tertiary alicyclic amines) is 1. The van der Waals surface area contributed by atoms with Crippen LogP contribution in [-0.2, 0) is 24.2 Å². The molecule has 0 aliphatic carbocycles. The van der Waals surface area contributed by atoms with Gasteiger partial charge >= 0.3 is 5.97 Å². The number of carbonyl (C=O) groups excluding carboxylic acids is 3. The van der Waals surface area contributed by atoms with Crippen LogP contribution in [0.4, 0.5) is 0 Å². The fraction of sp³-hybridized carbons (Fsp3) is 0.550. The molecule has 1 aromatic carbocycles. The van der Waals surface area contributed by atoms with Crippen LogP contribution in [0.5, 0.6) is 0 Å². The SMILES string of the molecule is C[C@H](OC(=O)C1CCN(C(=O)c2ccc(Cl)cc2)CC1)C(=O)N[C@@H]1CCS(=O)(=O)C1. The van der Waals surface area contributed by atoms with Gasteiger partial charge in [0, 0.05) is 29.7 Å². The van der Waals surface area contributed by atoms with Gasteiger partial charge in [-0.3, -0.25) is 14.4 Å². The molecular weight excluding hydrogens is 432 g/mol. The fourth-order valence-electron chi connectivity index (χ4n) is 3.64. The number of sulfone groups is 1. The van der Waals surface area contributed by atoms with Crippen molar-refractivity contribution in [1.29, 1.82) is 0 Å². The van der Waals surface area contributed by atoms with Crippen LogP contribution in [0.25, 0.3) is 0 Å². The Bertz CT molecular complexity index is 910. The number of nitrogens with one attached hydrogen (secondary N) is 1. The zero-order valence-electron chi connectivity index (χ0n) is 16.7. The molecule has 1 N–H and O–H groups in total. The summed E-state index contributed by atoms with van der Waals surface area (Å²) in [5.74, 6) is -1.51. The van der Waals surface area contributed by atoms with Crippen molar-refractivity contribution in [2.75, 3.05) is 24.6 Å². The molecule has 2 heterocycles. The molecule has 2 atom stereocenters. The van der Waals surface area contributed by atoms with Crippen molar-refractivity contribution >= 4 is 39.2 Å². The molecule has 0 aromatic heterocycles. The third kappa shape index (κ3) is 5.72. The van der Waals surface area contributed by atoms with Crippen molar-refractivity contribution < 1.29 is 27.5 Å². The third-order valence-electron chi connectivity index (χ3n) is 5.45. The number of hydrogen-bond donors (Lipinski definition) is 1. The predicted octanol–water partition coefficient (Wildman–Crippen LogP) is 1.43. The van der Waals surface area contributed by atoms with Gasteiger partial charge in [-0.05, 0) is 50.5 Å². The molecule has 0 bridgehead atoms. The normalized spacial score (nSPS) is 22.3. The molecule has 3 rings (SSSR count). The van der Waals surface area contributed by atoms with E-state index in [9.17, 15) is 22.8 Å². The van der Waals surface area contributed by atoms with Crippen LogP contribution in [0.1, 0.15) is 36.5 Å². The zero-order valence-corrected chi connectivity index (χ0v) is 18.2. The molecule has 2 aliphatic rings. The summed E-state index contributed by atoms with van der Waals surface area (Å²) in [6, 6.07) is 6.21. The van der Waals surface area contributed by atoms with E-state index >= 15 is 0 Å². The first-order valence-electron chi connectivity index (χ1n) is 9.91. The molecule has 2 aliphatic heterocycles. The number of hydrogen-bond acceptors (Lipinski definition) is 6. The van der Waals surface area contributed by atoms with E-state index in [-0.39, 0.29) is 23.3 Å². The van der Waals surface area contributed by atoms with E-state index < -0.39 is 33.9 Å². The minimum absolute atomic E-state index is 0.0550. The largest absolute Gasteiger partial charge is 0.452 e. The van der Waals surface area contributed by atoms with Crippen LogP contribution < -0.4 is 5.32 Å².